The third-order valence-electron chi connectivity index (χ3n) is 4.50. The Morgan fingerprint density at radius 1 is 1.17 bits per heavy atom. The predicted molar refractivity (Wildman–Crippen MR) is 87.3 cm³/mol. The van der Waals surface area contributed by atoms with Crippen molar-refractivity contribution in [2.75, 3.05) is 0 Å². The summed E-state index contributed by atoms with van der Waals surface area (Å²) in [6, 6.07) is 10.6. The Labute approximate surface area is 135 Å². The first kappa shape index (κ1) is 15.7. The number of rotatable bonds is 5. The van der Waals surface area contributed by atoms with Gasteiger partial charge >= 0.3 is 0 Å². The van der Waals surface area contributed by atoms with Crippen molar-refractivity contribution in [1.29, 1.82) is 0 Å². The molecule has 1 fully saturated rings. The summed E-state index contributed by atoms with van der Waals surface area (Å²) in [4.78, 5) is 16.3. The topological polar surface area (TPSA) is 42.0 Å². The van der Waals surface area contributed by atoms with Crippen LogP contribution >= 0.6 is 0 Å². The molecule has 0 saturated heterocycles. The molecule has 0 bridgehead atoms. The summed E-state index contributed by atoms with van der Waals surface area (Å²) < 4.78 is 13.0. The van der Waals surface area contributed by atoms with Crippen LogP contribution in [0.3, 0.4) is 0 Å². The van der Waals surface area contributed by atoms with E-state index in [2.05, 4.69) is 10.3 Å². The van der Waals surface area contributed by atoms with Crippen LogP contribution in [0.4, 0.5) is 4.39 Å². The van der Waals surface area contributed by atoms with E-state index >= 15 is 0 Å². The van der Waals surface area contributed by atoms with Crippen LogP contribution in [0.5, 0.6) is 0 Å². The molecule has 120 valence electrons. The van der Waals surface area contributed by atoms with E-state index in [1.165, 1.54) is 12.1 Å². The van der Waals surface area contributed by atoms with E-state index in [4.69, 9.17) is 0 Å². The number of aromatic nitrogens is 1. The highest BCUT2D eigenvalue weighted by atomic mass is 19.1. The van der Waals surface area contributed by atoms with Crippen LogP contribution in [0.1, 0.15) is 30.4 Å². The van der Waals surface area contributed by atoms with Gasteiger partial charge in [-0.2, -0.15) is 0 Å². The molecule has 1 aromatic carbocycles. The van der Waals surface area contributed by atoms with Crippen molar-refractivity contribution in [1.82, 2.24) is 10.3 Å². The Morgan fingerprint density at radius 3 is 2.74 bits per heavy atom. The second-order valence-electron chi connectivity index (χ2n) is 6.23. The minimum Gasteiger partial charge on any atom is -0.353 e. The number of carbonyl (C=O) groups is 1. The molecular formula is C19H21FN2O. The van der Waals surface area contributed by atoms with E-state index in [1.54, 1.807) is 12.4 Å². The van der Waals surface area contributed by atoms with Crippen LogP contribution in [-0.4, -0.2) is 16.9 Å². The van der Waals surface area contributed by atoms with Crippen molar-refractivity contribution < 1.29 is 9.18 Å². The lowest BCUT2D eigenvalue weighted by atomic mass is 9.94. The van der Waals surface area contributed by atoms with Crippen molar-refractivity contribution in [3.05, 3.63) is 65.7 Å². The molecule has 1 N–H and O–H groups in total. The smallest absolute Gasteiger partial charge is 0.224 e. The molecule has 1 saturated carbocycles. The molecule has 1 aliphatic rings. The van der Waals surface area contributed by atoms with E-state index < -0.39 is 0 Å². The summed E-state index contributed by atoms with van der Waals surface area (Å²) in [5.41, 5.74) is 2.06. The largest absolute Gasteiger partial charge is 0.353 e. The number of amides is 1. The Balaban J connectivity index is 1.56. The summed E-state index contributed by atoms with van der Waals surface area (Å²) >= 11 is 0. The van der Waals surface area contributed by atoms with E-state index in [9.17, 15) is 9.18 Å². The van der Waals surface area contributed by atoms with Gasteiger partial charge in [0.25, 0.3) is 0 Å². The molecule has 0 aliphatic heterocycles. The van der Waals surface area contributed by atoms with Gasteiger partial charge in [-0.25, -0.2) is 4.39 Å². The fourth-order valence-electron chi connectivity index (χ4n) is 3.34. The van der Waals surface area contributed by atoms with Gasteiger partial charge in [-0.3, -0.25) is 9.78 Å². The summed E-state index contributed by atoms with van der Waals surface area (Å²) in [6.07, 6.45) is 7.94. The van der Waals surface area contributed by atoms with Crippen molar-refractivity contribution in [3.8, 4) is 0 Å². The Kier molecular flexibility index (Phi) is 5.01. The second-order valence-corrected chi connectivity index (χ2v) is 6.23. The van der Waals surface area contributed by atoms with E-state index in [-0.39, 0.29) is 17.8 Å². The van der Waals surface area contributed by atoms with Gasteiger partial charge in [0.05, 0.1) is 6.42 Å². The number of pyridine rings is 1. The van der Waals surface area contributed by atoms with Crippen molar-refractivity contribution in [2.24, 2.45) is 5.92 Å². The molecule has 0 radical (unpaired) electrons. The van der Waals surface area contributed by atoms with Crippen LogP contribution in [0, 0.1) is 11.7 Å². The third-order valence-corrected chi connectivity index (χ3v) is 4.50. The normalized spacial score (nSPS) is 20.4. The van der Waals surface area contributed by atoms with Gasteiger partial charge in [0.2, 0.25) is 5.91 Å². The molecule has 1 aliphatic carbocycles. The lowest BCUT2D eigenvalue weighted by Crippen LogP contribution is -2.38. The first-order valence-corrected chi connectivity index (χ1v) is 8.13. The number of hydrogen-bond donors (Lipinski definition) is 1. The summed E-state index contributed by atoms with van der Waals surface area (Å²) in [5.74, 6) is 0.272. The standard InChI is InChI=1S/C19H21FN2O/c20-17-8-6-14(7-9-17)11-16-4-1-5-18(16)22-19(23)12-15-3-2-10-21-13-15/h2-3,6-10,13,16,18H,1,4-5,11-12H2,(H,22,23)/t16-,18-/m0/s1. The van der Waals surface area contributed by atoms with Gasteiger partial charge in [0.1, 0.15) is 5.82 Å². The summed E-state index contributed by atoms with van der Waals surface area (Å²) in [5, 5.41) is 3.17. The van der Waals surface area contributed by atoms with E-state index in [1.807, 2.05) is 24.3 Å². The molecule has 23 heavy (non-hydrogen) atoms. The molecule has 2 atom stereocenters. The number of benzene rings is 1. The molecular weight excluding hydrogens is 291 g/mol. The lowest BCUT2D eigenvalue weighted by molar-refractivity contribution is -0.121. The molecule has 0 unspecified atom stereocenters. The van der Waals surface area contributed by atoms with Gasteiger partial charge in [-0.15, -0.1) is 0 Å². The number of nitrogens with one attached hydrogen (secondary N) is 1. The highest BCUT2D eigenvalue weighted by molar-refractivity contribution is 5.78. The molecule has 1 amide bonds. The zero-order valence-electron chi connectivity index (χ0n) is 13.0. The van der Waals surface area contributed by atoms with Crippen LogP contribution in [0.25, 0.3) is 0 Å². The van der Waals surface area contributed by atoms with Crippen LogP contribution in [0.15, 0.2) is 48.8 Å². The molecule has 3 rings (SSSR count). The Hall–Kier alpha value is -2.23. The number of nitrogens with zero attached hydrogens (tertiary/aromatic N) is 1. The van der Waals surface area contributed by atoms with Gasteiger partial charge in [-0.05, 0) is 54.5 Å². The second kappa shape index (κ2) is 7.36. The maximum atomic E-state index is 13.0. The summed E-state index contributed by atoms with van der Waals surface area (Å²) in [7, 11) is 0. The molecule has 1 aromatic heterocycles. The Bertz CT molecular complexity index is 642. The van der Waals surface area contributed by atoms with Crippen molar-refractivity contribution in [3.63, 3.8) is 0 Å². The molecule has 3 nitrogen and oxygen atoms in total. The zero-order valence-corrected chi connectivity index (χ0v) is 13.0. The van der Waals surface area contributed by atoms with Crippen molar-refractivity contribution >= 4 is 5.91 Å². The highest BCUT2D eigenvalue weighted by Crippen LogP contribution is 2.29. The van der Waals surface area contributed by atoms with E-state index in [0.29, 0.717) is 12.3 Å². The molecule has 0 spiro atoms. The molecule has 2 aromatic rings. The van der Waals surface area contributed by atoms with Crippen LogP contribution < -0.4 is 5.32 Å². The SMILES string of the molecule is O=C(Cc1cccnc1)N[C@H]1CCC[C@H]1Cc1ccc(F)cc1. The number of halogens is 1. The fourth-order valence-corrected chi connectivity index (χ4v) is 3.34. The predicted octanol–water partition coefficient (Wildman–Crippen LogP) is 3.29. The lowest BCUT2D eigenvalue weighted by Gasteiger charge is -2.21. The van der Waals surface area contributed by atoms with Crippen molar-refractivity contribution in [2.45, 2.75) is 38.1 Å². The highest BCUT2D eigenvalue weighted by Gasteiger charge is 2.28. The average molecular weight is 312 g/mol. The third kappa shape index (κ3) is 4.38. The van der Waals surface area contributed by atoms with Crippen LogP contribution in [-0.2, 0) is 17.6 Å². The minimum absolute atomic E-state index is 0.0500. The first-order valence-electron chi connectivity index (χ1n) is 8.13. The quantitative estimate of drug-likeness (QED) is 0.920. The minimum atomic E-state index is -0.207. The maximum absolute atomic E-state index is 13.0. The maximum Gasteiger partial charge on any atom is 0.224 e. The Morgan fingerprint density at radius 2 is 2.00 bits per heavy atom. The van der Waals surface area contributed by atoms with Gasteiger partial charge in [-0.1, -0.05) is 24.6 Å². The van der Waals surface area contributed by atoms with Gasteiger partial charge in [0, 0.05) is 18.4 Å². The van der Waals surface area contributed by atoms with Gasteiger partial charge < -0.3 is 5.32 Å². The van der Waals surface area contributed by atoms with E-state index in [0.717, 1.165) is 36.8 Å². The monoisotopic (exact) mass is 312 g/mol. The number of hydrogen-bond acceptors (Lipinski definition) is 2. The zero-order chi connectivity index (χ0) is 16.1. The molecule has 4 heteroatoms. The summed E-state index contributed by atoms with van der Waals surface area (Å²) in [6.45, 7) is 0. The fraction of sp³-hybridized carbons (Fsp3) is 0.368. The number of carbonyl (C=O) groups excluding carboxylic acids is 1. The average Bonchev–Trinajstić information content (AvgIpc) is 2.97. The molecule has 1 heterocycles. The van der Waals surface area contributed by atoms with Gasteiger partial charge in [0.15, 0.2) is 0 Å². The first-order chi connectivity index (χ1) is 11.2. The van der Waals surface area contributed by atoms with Crippen LogP contribution in [0.2, 0.25) is 0 Å².